The molecular formula is C11H15BrClN. The molecule has 0 saturated heterocycles. The molecule has 0 bridgehead atoms. The lowest BCUT2D eigenvalue weighted by Crippen LogP contribution is -2.18. The summed E-state index contributed by atoms with van der Waals surface area (Å²) < 4.78 is 0.916. The summed E-state index contributed by atoms with van der Waals surface area (Å²) in [7, 11) is 0. The summed E-state index contributed by atoms with van der Waals surface area (Å²) in [5.74, 6) is 0.479. The molecule has 3 heteroatoms. The van der Waals surface area contributed by atoms with Crippen LogP contribution in [0.3, 0.4) is 0 Å². The van der Waals surface area contributed by atoms with Crippen molar-refractivity contribution in [1.29, 1.82) is 0 Å². The molecule has 0 spiro atoms. The van der Waals surface area contributed by atoms with Gasteiger partial charge in [0.15, 0.2) is 0 Å². The Balaban J connectivity index is 2.91. The largest absolute Gasteiger partial charge is 0.324 e. The average molecular weight is 277 g/mol. The number of hydrogen-bond donors (Lipinski definition) is 1. The van der Waals surface area contributed by atoms with E-state index in [9.17, 15) is 0 Å². The van der Waals surface area contributed by atoms with E-state index in [-0.39, 0.29) is 6.04 Å². The molecule has 78 valence electrons. The van der Waals surface area contributed by atoms with Crippen molar-refractivity contribution in [2.24, 2.45) is 11.7 Å². The lowest BCUT2D eigenvalue weighted by molar-refractivity contribution is 0.457. The summed E-state index contributed by atoms with van der Waals surface area (Å²) in [6.45, 7) is 4.30. The second-order valence-electron chi connectivity index (χ2n) is 3.58. The summed E-state index contributed by atoms with van der Waals surface area (Å²) in [5.41, 5.74) is 7.20. The highest BCUT2D eigenvalue weighted by atomic mass is 79.9. The zero-order valence-electron chi connectivity index (χ0n) is 8.43. The number of nitrogens with two attached hydrogens (primary N) is 1. The molecule has 0 saturated carbocycles. The zero-order chi connectivity index (χ0) is 10.7. The monoisotopic (exact) mass is 275 g/mol. The van der Waals surface area contributed by atoms with Gasteiger partial charge in [0.25, 0.3) is 0 Å². The molecule has 0 aliphatic heterocycles. The highest BCUT2D eigenvalue weighted by Gasteiger charge is 2.13. The zero-order valence-corrected chi connectivity index (χ0v) is 10.8. The molecule has 0 amide bonds. The Labute approximate surface area is 98.8 Å². The highest BCUT2D eigenvalue weighted by molar-refractivity contribution is 9.10. The van der Waals surface area contributed by atoms with E-state index in [0.29, 0.717) is 5.92 Å². The van der Waals surface area contributed by atoms with Gasteiger partial charge >= 0.3 is 0 Å². The summed E-state index contributed by atoms with van der Waals surface area (Å²) in [6, 6.07) is 5.97. The van der Waals surface area contributed by atoms with E-state index in [1.807, 2.05) is 18.2 Å². The third kappa shape index (κ3) is 2.72. The first-order valence-corrected chi connectivity index (χ1v) is 5.94. The van der Waals surface area contributed by atoms with Crippen molar-refractivity contribution in [3.05, 3.63) is 33.3 Å². The van der Waals surface area contributed by atoms with Crippen LogP contribution in [0.15, 0.2) is 22.7 Å². The van der Waals surface area contributed by atoms with E-state index in [0.717, 1.165) is 21.5 Å². The Morgan fingerprint density at radius 1 is 1.50 bits per heavy atom. The molecule has 1 rings (SSSR count). The Morgan fingerprint density at radius 2 is 2.14 bits per heavy atom. The van der Waals surface area contributed by atoms with Gasteiger partial charge in [-0.1, -0.05) is 37.9 Å². The van der Waals surface area contributed by atoms with Gasteiger partial charge in [0.1, 0.15) is 0 Å². The van der Waals surface area contributed by atoms with Gasteiger partial charge in [-0.15, -0.1) is 0 Å². The van der Waals surface area contributed by atoms with Gasteiger partial charge in [0.05, 0.1) is 5.02 Å². The van der Waals surface area contributed by atoms with E-state index in [1.54, 1.807) is 0 Å². The molecule has 0 fully saturated rings. The summed E-state index contributed by atoms with van der Waals surface area (Å²) >= 11 is 9.36. The summed E-state index contributed by atoms with van der Waals surface area (Å²) in [4.78, 5) is 0. The van der Waals surface area contributed by atoms with E-state index in [2.05, 4.69) is 29.8 Å². The molecule has 2 atom stereocenters. The normalized spacial score (nSPS) is 15.2. The van der Waals surface area contributed by atoms with Crippen LogP contribution in [-0.4, -0.2) is 0 Å². The van der Waals surface area contributed by atoms with Gasteiger partial charge in [0.2, 0.25) is 0 Å². The molecule has 1 nitrogen and oxygen atoms in total. The van der Waals surface area contributed by atoms with Crippen LogP contribution in [0.25, 0.3) is 0 Å². The minimum atomic E-state index is 0.0746. The van der Waals surface area contributed by atoms with Crippen molar-refractivity contribution in [2.75, 3.05) is 0 Å². The van der Waals surface area contributed by atoms with Crippen molar-refractivity contribution in [3.8, 4) is 0 Å². The average Bonchev–Trinajstić information content (AvgIpc) is 2.20. The maximum Gasteiger partial charge on any atom is 0.0551 e. The van der Waals surface area contributed by atoms with Crippen LogP contribution in [0.5, 0.6) is 0 Å². The molecule has 1 aromatic carbocycles. The Hall–Kier alpha value is -0.0500. The molecule has 0 radical (unpaired) electrons. The Kier molecular flexibility index (Phi) is 4.42. The fourth-order valence-corrected chi connectivity index (χ4v) is 1.74. The number of benzene rings is 1. The van der Waals surface area contributed by atoms with Crippen LogP contribution in [-0.2, 0) is 0 Å². The maximum atomic E-state index is 6.09. The number of halogens is 2. The quantitative estimate of drug-likeness (QED) is 0.882. The van der Waals surface area contributed by atoms with Crippen LogP contribution in [0.1, 0.15) is 31.9 Å². The SMILES string of the molecule is CCC(C)C(N)c1ccc(Br)c(Cl)c1. The van der Waals surface area contributed by atoms with Gasteiger partial charge in [-0.25, -0.2) is 0 Å². The van der Waals surface area contributed by atoms with Crippen LogP contribution in [0, 0.1) is 5.92 Å². The predicted molar refractivity (Wildman–Crippen MR) is 65.5 cm³/mol. The fraction of sp³-hybridized carbons (Fsp3) is 0.455. The van der Waals surface area contributed by atoms with Gasteiger partial charge < -0.3 is 5.73 Å². The second kappa shape index (κ2) is 5.15. The van der Waals surface area contributed by atoms with Gasteiger partial charge in [-0.3, -0.25) is 0 Å². The lowest BCUT2D eigenvalue weighted by atomic mass is 9.93. The summed E-state index contributed by atoms with van der Waals surface area (Å²) in [5, 5.41) is 0.723. The van der Waals surface area contributed by atoms with Crippen LogP contribution >= 0.6 is 27.5 Å². The molecular weight excluding hydrogens is 261 g/mol. The highest BCUT2D eigenvalue weighted by Crippen LogP contribution is 2.28. The smallest absolute Gasteiger partial charge is 0.0551 e. The number of hydrogen-bond acceptors (Lipinski definition) is 1. The van der Waals surface area contributed by atoms with Crippen LogP contribution in [0.2, 0.25) is 5.02 Å². The molecule has 0 aliphatic rings. The molecule has 2 N–H and O–H groups in total. The summed E-state index contributed by atoms with van der Waals surface area (Å²) in [6.07, 6.45) is 1.08. The second-order valence-corrected chi connectivity index (χ2v) is 4.85. The lowest BCUT2D eigenvalue weighted by Gasteiger charge is -2.19. The van der Waals surface area contributed by atoms with Crippen LogP contribution < -0.4 is 5.73 Å². The van der Waals surface area contributed by atoms with Crippen molar-refractivity contribution < 1.29 is 0 Å². The van der Waals surface area contributed by atoms with E-state index in [4.69, 9.17) is 17.3 Å². The first-order valence-electron chi connectivity index (χ1n) is 4.76. The Morgan fingerprint density at radius 3 is 2.64 bits per heavy atom. The van der Waals surface area contributed by atoms with Crippen molar-refractivity contribution >= 4 is 27.5 Å². The van der Waals surface area contributed by atoms with Crippen LogP contribution in [0.4, 0.5) is 0 Å². The van der Waals surface area contributed by atoms with E-state index in [1.165, 1.54) is 0 Å². The topological polar surface area (TPSA) is 26.0 Å². The maximum absolute atomic E-state index is 6.09. The minimum absolute atomic E-state index is 0.0746. The molecule has 1 aromatic rings. The standard InChI is InChI=1S/C11H15BrClN/c1-3-7(2)11(14)8-4-5-9(12)10(13)6-8/h4-7,11H,3,14H2,1-2H3. The first-order chi connectivity index (χ1) is 6.56. The number of rotatable bonds is 3. The molecule has 2 unspecified atom stereocenters. The predicted octanol–water partition coefficient (Wildman–Crippen LogP) is 4.15. The molecule has 0 aliphatic carbocycles. The minimum Gasteiger partial charge on any atom is -0.324 e. The van der Waals surface area contributed by atoms with Gasteiger partial charge in [-0.05, 0) is 39.5 Å². The third-order valence-electron chi connectivity index (χ3n) is 2.59. The Bertz CT molecular complexity index is 314. The van der Waals surface area contributed by atoms with E-state index >= 15 is 0 Å². The fourth-order valence-electron chi connectivity index (χ4n) is 1.30. The van der Waals surface area contributed by atoms with E-state index < -0.39 is 0 Å². The third-order valence-corrected chi connectivity index (χ3v) is 3.82. The van der Waals surface area contributed by atoms with Crippen molar-refractivity contribution in [1.82, 2.24) is 0 Å². The first kappa shape index (κ1) is 12.0. The molecule has 0 aromatic heterocycles. The van der Waals surface area contributed by atoms with Crippen molar-refractivity contribution in [2.45, 2.75) is 26.3 Å². The molecule has 14 heavy (non-hydrogen) atoms. The van der Waals surface area contributed by atoms with Gasteiger partial charge in [0, 0.05) is 10.5 Å². The van der Waals surface area contributed by atoms with Gasteiger partial charge in [-0.2, -0.15) is 0 Å². The van der Waals surface area contributed by atoms with Crippen molar-refractivity contribution in [3.63, 3.8) is 0 Å². The molecule has 0 heterocycles.